The summed E-state index contributed by atoms with van der Waals surface area (Å²) in [7, 11) is 0.854. The third-order valence-corrected chi connectivity index (χ3v) is 6.02. The summed E-state index contributed by atoms with van der Waals surface area (Å²) in [6, 6.07) is 0.822. The molecule has 0 saturated heterocycles. The van der Waals surface area contributed by atoms with E-state index in [0.717, 1.165) is 51.5 Å². The zero-order chi connectivity index (χ0) is 15.8. The van der Waals surface area contributed by atoms with Crippen LogP contribution < -0.4 is 22.1 Å². The quantitative estimate of drug-likeness (QED) is 0.224. The lowest BCUT2D eigenvalue weighted by molar-refractivity contribution is 0.0959. The predicted octanol–water partition coefficient (Wildman–Crippen LogP) is -0.498. The normalized spacial score (nSPS) is 12.0. The van der Waals surface area contributed by atoms with E-state index in [1.54, 1.807) is 14.2 Å². The molecule has 0 unspecified atom stereocenters. The summed E-state index contributed by atoms with van der Waals surface area (Å²) in [6.45, 7) is 5.60. The van der Waals surface area contributed by atoms with Crippen LogP contribution in [0.5, 0.6) is 0 Å². The molecular weight excluding hydrogens is 288 g/mol. The first-order chi connectivity index (χ1) is 10.2. The Morgan fingerprint density at radius 3 is 1.90 bits per heavy atom. The molecule has 21 heavy (non-hydrogen) atoms. The van der Waals surface area contributed by atoms with Crippen molar-refractivity contribution in [3.63, 3.8) is 0 Å². The van der Waals surface area contributed by atoms with E-state index < -0.39 is 8.80 Å². The number of nitrogens with one attached hydrogen (secondary N) is 2. The maximum atomic E-state index is 5.93. The largest absolute Gasteiger partial charge is 0.500 e. The Morgan fingerprint density at radius 1 is 0.810 bits per heavy atom. The summed E-state index contributed by atoms with van der Waals surface area (Å²) in [5, 5.41) is 6.53. The molecule has 0 aliphatic rings. The molecule has 0 fully saturated rings. The van der Waals surface area contributed by atoms with Crippen molar-refractivity contribution in [1.29, 1.82) is 0 Å². The summed E-state index contributed by atoms with van der Waals surface area (Å²) < 4.78 is 17.0. The number of rotatable bonds is 16. The van der Waals surface area contributed by atoms with Crippen molar-refractivity contribution in [2.24, 2.45) is 11.5 Å². The highest BCUT2D eigenvalue weighted by molar-refractivity contribution is 6.60. The minimum atomic E-state index is -2.49. The molecule has 0 amide bonds. The SMILES string of the molecule is CO[Si](CCCNCCN)(OC)OCCCCNCCN. The van der Waals surface area contributed by atoms with Gasteiger partial charge < -0.3 is 35.4 Å². The van der Waals surface area contributed by atoms with Gasteiger partial charge in [-0.1, -0.05) is 0 Å². The first kappa shape index (κ1) is 20.9. The van der Waals surface area contributed by atoms with E-state index in [1.165, 1.54) is 0 Å². The lowest BCUT2D eigenvalue weighted by Crippen LogP contribution is -2.44. The highest BCUT2D eigenvalue weighted by atomic mass is 28.4. The molecule has 0 aliphatic carbocycles. The lowest BCUT2D eigenvalue weighted by atomic mass is 10.3. The van der Waals surface area contributed by atoms with Crippen LogP contribution in [0.1, 0.15) is 19.3 Å². The van der Waals surface area contributed by atoms with Gasteiger partial charge in [0.15, 0.2) is 0 Å². The molecule has 128 valence electrons. The van der Waals surface area contributed by atoms with Crippen LogP contribution in [0.4, 0.5) is 0 Å². The zero-order valence-corrected chi connectivity index (χ0v) is 14.7. The van der Waals surface area contributed by atoms with E-state index in [1.807, 2.05) is 0 Å². The molecule has 0 aromatic carbocycles. The number of unbranched alkanes of at least 4 members (excludes halogenated alkanes) is 1. The van der Waals surface area contributed by atoms with Crippen LogP contribution in [-0.2, 0) is 13.3 Å². The molecule has 0 saturated carbocycles. The monoisotopic (exact) mass is 322 g/mol. The highest BCUT2D eigenvalue weighted by Crippen LogP contribution is 2.16. The second-order valence-corrected chi connectivity index (χ2v) is 7.80. The predicted molar refractivity (Wildman–Crippen MR) is 88.2 cm³/mol. The molecule has 8 heteroatoms. The van der Waals surface area contributed by atoms with E-state index in [-0.39, 0.29) is 0 Å². The molecule has 0 aliphatic heterocycles. The van der Waals surface area contributed by atoms with Gasteiger partial charge in [-0.2, -0.15) is 0 Å². The third-order valence-electron chi connectivity index (χ3n) is 3.17. The fourth-order valence-electron chi connectivity index (χ4n) is 1.94. The fourth-order valence-corrected chi connectivity index (χ4v) is 3.96. The number of nitrogens with two attached hydrogens (primary N) is 2. The van der Waals surface area contributed by atoms with E-state index in [9.17, 15) is 0 Å². The molecule has 7 nitrogen and oxygen atoms in total. The minimum Gasteiger partial charge on any atom is -0.377 e. The van der Waals surface area contributed by atoms with Gasteiger partial charge in [0, 0.05) is 53.0 Å². The summed E-state index contributed by atoms with van der Waals surface area (Å²) in [5.74, 6) is 0. The molecule has 0 radical (unpaired) electrons. The van der Waals surface area contributed by atoms with Gasteiger partial charge in [-0.05, 0) is 32.4 Å². The Morgan fingerprint density at radius 2 is 1.38 bits per heavy atom. The highest BCUT2D eigenvalue weighted by Gasteiger charge is 2.38. The van der Waals surface area contributed by atoms with Crippen LogP contribution in [-0.4, -0.2) is 68.9 Å². The maximum absolute atomic E-state index is 5.93. The zero-order valence-electron chi connectivity index (χ0n) is 13.7. The van der Waals surface area contributed by atoms with E-state index in [4.69, 9.17) is 24.7 Å². The average Bonchev–Trinajstić information content (AvgIpc) is 2.52. The van der Waals surface area contributed by atoms with Crippen LogP contribution in [0, 0.1) is 0 Å². The Labute approximate surface area is 130 Å². The van der Waals surface area contributed by atoms with E-state index >= 15 is 0 Å². The second kappa shape index (κ2) is 14.9. The molecular formula is C13H34N4O3Si. The van der Waals surface area contributed by atoms with Gasteiger partial charge in [0.1, 0.15) is 0 Å². The Bertz CT molecular complexity index is 222. The van der Waals surface area contributed by atoms with Crippen molar-refractivity contribution >= 4 is 8.80 Å². The van der Waals surface area contributed by atoms with Gasteiger partial charge in [0.05, 0.1) is 0 Å². The van der Waals surface area contributed by atoms with Gasteiger partial charge in [0.2, 0.25) is 0 Å². The van der Waals surface area contributed by atoms with Gasteiger partial charge in [0.25, 0.3) is 0 Å². The maximum Gasteiger partial charge on any atom is 0.500 e. The van der Waals surface area contributed by atoms with Crippen molar-refractivity contribution in [3.05, 3.63) is 0 Å². The van der Waals surface area contributed by atoms with Crippen LogP contribution >= 0.6 is 0 Å². The van der Waals surface area contributed by atoms with Crippen molar-refractivity contribution in [1.82, 2.24) is 10.6 Å². The van der Waals surface area contributed by atoms with Crippen LogP contribution in [0.3, 0.4) is 0 Å². The van der Waals surface area contributed by atoms with Gasteiger partial charge in [-0.3, -0.25) is 0 Å². The molecule has 0 atom stereocenters. The van der Waals surface area contributed by atoms with Crippen molar-refractivity contribution < 1.29 is 13.3 Å². The van der Waals surface area contributed by atoms with Crippen LogP contribution in [0.15, 0.2) is 0 Å². The summed E-state index contributed by atoms with van der Waals surface area (Å²) in [6.07, 6.45) is 3.02. The lowest BCUT2D eigenvalue weighted by Gasteiger charge is -2.26. The fraction of sp³-hybridized carbons (Fsp3) is 1.00. The number of hydrogen-bond donors (Lipinski definition) is 4. The van der Waals surface area contributed by atoms with Gasteiger partial charge in [-0.15, -0.1) is 0 Å². The molecule has 0 heterocycles. The smallest absolute Gasteiger partial charge is 0.377 e. The summed E-state index contributed by atoms with van der Waals surface area (Å²) in [4.78, 5) is 0. The molecule has 0 aromatic heterocycles. The summed E-state index contributed by atoms with van der Waals surface area (Å²) in [5.41, 5.74) is 10.8. The minimum absolute atomic E-state index is 0.659. The van der Waals surface area contributed by atoms with E-state index in [2.05, 4.69) is 10.6 Å². The number of hydrogen-bond acceptors (Lipinski definition) is 7. The van der Waals surface area contributed by atoms with Crippen LogP contribution in [0.2, 0.25) is 6.04 Å². The van der Waals surface area contributed by atoms with Gasteiger partial charge in [-0.25, -0.2) is 0 Å². The molecule has 0 rings (SSSR count). The Balaban J connectivity index is 3.77. The second-order valence-electron chi connectivity index (χ2n) is 4.83. The Hall–Kier alpha value is -0.0631. The Kier molecular flexibility index (Phi) is 14.8. The molecule has 0 aromatic rings. The standard InChI is InChI=1S/C13H34N4O3Si/c1-18-21(19-2,13-5-9-17-11-7-15)20-12-4-3-8-16-10-6-14/h16-17H,3-15H2,1-2H3. The van der Waals surface area contributed by atoms with E-state index in [0.29, 0.717) is 19.7 Å². The molecule has 0 spiro atoms. The van der Waals surface area contributed by atoms with Crippen molar-refractivity contribution in [2.45, 2.75) is 25.3 Å². The van der Waals surface area contributed by atoms with Crippen molar-refractivity contribution in [3.8, 4) is 0 Å². The average molecular weight is 323 g/mol. The third kappa shape index (κ3) is 11.2. The first-order valence-electron chi connectivity index (χ1n) is 7.80. The topological polar surface area (TPSA) is 104 Å². The van der Waals surface area contributed by atoms with Crippen LogP contribution in [0.25, 0.3) is 0 Å². The molecule has 6 N–H and O–H groups in total. The van der Waals surface area contributed by atoms with Crippen molar-refractivity contribution in [2.75, 3.05) is 60.1 Å². The molecule has 0 bridgehead atoms. The summed E-state index contributed by atoms with van der Waals surface area (Å²) >= 11 is 0. The first-order valence-corrected chi connectivity index (χ1v) is 9.73. The van der Waals surface area contributed by atoms with Gasteiger partial charge >= 0.3 is 8.80 Å².